The lowest BCUT2D eigenvalue weighted by atomic mass is 10.3. The van der Waals surface area contributed by atoms with Crippen LogP contribution in [0.3, 0.4) is 0 Å². The molecule has 12 aromatic heterocycles. The number of halogens is 8. The van der Waals surface area contributed by atoms with E-state index in [0.717, 1.165) is 112 Å². The highest BCUT2D eigenvalue weighted by Crippen LogP contribution is 2.61. The maximum absolute atomic E-state index is 11.3. The molecule has 0 N–H and O–H groups in total. The van der Waals surface area contributed by atoms with Crippen molar-refractivity contribution in [2.24, 2.45) is 0 Å². The van der Waals surface area contributed by atoms with E-state index in [9.17, 15) is 19.2 Å². The average molecular weight is 1700 g/mol. The van der Waals surface area contributed by atoms with Crippen molar-refractivity contribution in [3.05, 3.63) is 60.0 Å². The minimum atomic E-state index is -0.316. The van der Waals surface area contributed by atoms with Gasteiger partial charge in [0.15, 0.2) is 20.3 Å². The maximum atomic E-state index is 11.3. The van der Waals surface area contributed by atoms with Gasteiger partial charge in [0.25, 0.3) is 0 Å². The molecule has 0 radical (unpaired) electrons. The first-order chi connectivity index (χ1) is 34.2. The monoisotopic (exact) mass is 1690 g/mol. The molecule has 0 bridgehead atoms. The van der Waals surface area contributed by atoms with Crippen LogP contribution in [0.2, 0.25) is 0 Å². The molecule has 12 rings (SSSR count). The van der Waals surface area contributed by atoms with Crippen LogP contribution in [-0.4, -0.2) is 23.9 Å². The Morgan fingerprint density at radius 1 is 0.278 bits per heavy atom. The zero-order valence-corrected chi connectivity index (χ0v) is 58.0. The number of carbonyl (C=O) groups is 4. The summed E-state index contributed by atoms with van der Waals surface area (Å²) in [4.78, 5) is 54.5. The van der Waals surface area contributed by atoms with Crippen LogP contribution >= 0.6 is 263 Å². The SMILES string of the molecule is CC(=O)Oc1cc2sc(-c3sc4c(Br)c(-c5sc6cc(OC(C)=O)sc6c5Br)sc4c3Br)c(Br)c2s1.CC(=O)Oc1cc2sc(-c3sc4c(Br)c(-c5sc6cc(OC(C)=O)sc6c5Br)sc4c3Br)c(Br)c2s1. The highest BCUT2D eigenvalue weighted by atomic mass is 79.9. The Bertz CT molecular complexity index is 3730. The van der Waals surface area contributed by atoms with Crippen LogP contribution in [0.1, 0.15) is 27.7 Å². The largest absolute Gasteiger partial charge is 0.416 e. The normalized spacial score (nSPS) is 11.8. The Morgan fingerprint density at radius 2 is 0.444 bits per heavy atom. The molecule has 368 valence electrons. The molecule has 0 amide bonds. The second-order valence-electron chi connectivity index (χ2n) is 14.7. The van der Waals surface area contributed by atoms with Crippen molar-refractivity contribution in [1.82, 2.24) is 0 Å². The first kappa shape index (κ1) is 53.7. The second-order valence-corrected chi connectivity index (χ2v) is 33.4. The third-order valence-electron chi connectivity index (χ3n) is 9.77. The zero-order chi connectivity index (χ0) is 50.9. The minimum Gasteiger partial charge on any atom is -0.416 e. The van der Waals surface area contributed by atoms with Gasteiger partial charge >= 0.3 is 23.9 Å². The number of esters is 4. The lowest BCUT2D eigenvalue weighted by Gasteiger charge is -1.99. The molecule has 0 aliphatic rings. The highest BCUT2D eigenvalue weighted by molar-refractivity contribution is 9.12. The number of carbonyl (C=O) groups excluding carboxylic acids is 4. The fourth-order valence-corrected chi connectivity index (χ4v) is 30.9. The van der Waals surface area contributed by atoms with E-state index in [1.54, 1.807) is 90.7 Å². The minimum absolute atomic E-state index is 0.316. The fraction of sp³-hybridized carbons (Fsp3) is 0.0909. The molecule has 0 atom stereocenters. The molecular formula is C44H16Br8O8S12. The lowest BCUT2D eigenvalue weighted by molar-refractivity contribution is -0.132. The molecule has 0 spiro atoms. The van der Waals surface area contributed by atoms with Gasteiger partial charge < -0.3 is 18.9 Å². The Hall–Kier alpha value is -0.320. The van der Waals surface area contributed by atoms with Crippen molar-refractivity contribution in [3.63, 3.8) is 0 Å². The van der Waals surface area contributed by atoms with Gasteiger partial charge in [-0.3, -0.25) is 19.2 Å². The number of hydrogen-bond acceptors (Lipinski definition) is 20. The van der Waals surface area contributed by atoms with E-state index < -0.39 is 0 Å². The molecule has 8 nitrogen and oxygen atoms in total. The van der Waals surface area contributed by atoms with E-state index >= 15 is 0 Å². The predicted octanol–water partition coefficient (Wildman–Crippen LogP) is 23.5. The summed E-state index contributed by atoms with van der Waals surface area (Å²) in [5.41, 5.74) is 0. The van der Waals surface area contributed by atoms with E-state index in [1.165, 1.54) is 91.8 Å². The second kappa shape index (κ2) is 21.1. The van der Waals surface area contributed by atoms with Gasteiger partial charge in [-0.2, -0.15) is 0 Å². The summed E-state index contributed by atoms with van der Waals surface area (Å²) >= 11 is 50.2. The van der Waals surface area contributed by atoms with Crippen LogP contribution in [-0.2, 0) is 19.2 Å². The van der Waals surface area contributed by atoms with Gasteiger partial charge in [-0.1, -0.05) is 45.3 Å². The first-order valence-corrected chi connectivity index (χ1v) is 35.8. The molecule has 0 unspecified atom stereocenters. The number of ether oxygens (including phenoxy) is 4. The Labute approximate surface area is 520 Å². The van der Waals surface area contributed by atoms with Gasteiger partial charge in [-0.15, -0.1) is 90.7 Å². The van der Waals surface area contributed by atoms with Gasteiger partial charge in [-0.05, 0) is 127 Å². The van der Waals surface area contributed by atoms with Crippen LogP contribution in [0.15, 0.2) is 60.0 Å². The Balaban J connectivity index is 0.000000156. The van der Waals surface area contributed by atoms with Gasteiger partial charge in [0.2, 0.25) is 0 Å². The van der Waals surface area contributed by atoms with Crippen LogP contribution in [0, 0.1) is 0 Å². The number of hydrogen-bond donors (Lipinski definition) is 0. The molecule has 0 saturated heterocycles. The average Bonchev–Trinajstić information content (AvgIpc) is 4.17. The molecule has 12 aromatic rings. The molecule has 0 aliphatic heterocycles. The summed E-state index contributed by atoms with van der Waals surface area (Å²) in [6.45, 7) is 5.64. The van der Waals surface area contributed by atoms with Gasteiger partial charge in [-0.25, -0.2) is 0 Å². The molecule has 0 fully saturated rings. The Morgan fingerprint density at radius 3 is 0.611 bits per heavy atom. The predicted molar refractivity (Wildman–Crippen MR) is 341 cm³/mol. The van der Waals surface area contributed by atoms with Crippen molar-refractivity contribution >= 4 is 344 Å². The van der Waals surface area contributed by atoms with E-state index in [2.05, 4.69) is 127 Å². The van der Waals surface area contributed by atoms with Crippen LogP contribution in [0.5, 0.6) is 20.3 Å². The number of thiophene rings is 12. The molecule has 0 saturated carbocycles. The first-order valence-electron chi connectivity index (χ1n) is 19.7. The maximum Gasteiger partial charge on any atom is 0.308 e. The summed E-state index contributed by atoms with van der Waals surface area (Å²) in [5, 5.41) is 2.43. The van der Waals surface area contributed by atoms with Gasteiger partial charge in [0, 0.05) is 52.0 Å². The standard InChI is InChI=1S/2C22H8Br4O4S6/c2*1-5(27)29-9-3-7-15(33-9)11(23)17(31-7)19-13(25)21-22(35-19)14(26)20(36-21)18-12(24)16-8(32-18)4-10(34-16)30-6(2)28/h2*3-4H,1-2H3. The van der Waals surface area contributed by atoms with Crippen LogP contribution in [0.25, 0.3) is 95.4 Å². The molecule has 0 aromatic carbocycles. The third-order valence-corrected chi connectivity index (χ3v) is 35.2. The van der Waals surface area contributed by atoms with Gasteiger partial charge in [0.05, 0.1) is 131 Å². The van der Waals surface area contributed by atoms with E-state index in [-0.39, 0.29) is 23.9 Å². The van der Waals surface area contributed by atoms with Crippen molar-refractivity contribution in [2.45, 2.75) is 27.7 Å². The zero-order valence-electron chi connectivity index (χ0n) is 35.5. The number of rotatable bonds is 8. The summed E-state index contributed by atoms with van der Waals surface area (Å²) in [6, 6.07) is 7.69. The van der Waals surface area contributed by atoms with Crippen LogP contribution in [0.4, 0.5) is 0 Å². The lowest BCUT2D eigenvalue weighted by Crippen LogP contribution is -1.98. The molecule has 0 aliphatic carbocycles. The summed E-state index contributed by atoms with van der Waals surface area (Å²) in [7, 11) is 0. The van der Waals surface area contributed by atoms with Crippen molar-refractivity contribution < 1.29 is 38.1 Å². The van der Waals surface area contributed by atoms with Gasteiger partial charge in [0.1, 0.15) is 0 Å². The summed E-state index contributed by atoms with van der Waals surface area (Å²) in [5.74, 6) is -1.26. The van der Waals surface area contributed by atoms with E-state index in [0.29, 0.717) is 20.3 Å². The summed E-state index contributed by atoms with van der Waals surface area (Å²) in [6.07, 6.45) is 0. The van der Waals surface area contributed by atoms with E-state index in [4.69, 9.17) is 18.9 Å². The molecule has 72 heavy (non-hydrogen) atoms. The molecular weight excluding hydrogens is 1680 g/mol. The highest BCUT2D eigenvalue weighted by Gasteiger charge is 2.29. The topological polar surface area (TPSA) is 105 Å². The van der Waals surface area contributed by atoms with Crippen molar-refractivity contribution in [1.29, 1.82) is 0 Å². The molecule has 12 heterocycles. The third kappa shape index (κ3) is 9.74. The fourth-order valence-electron chi connectivity index (χ4n) is 7.06. The summed E-state index contributed by atoms with van der Waals surface area (Å²) < 4.78 is 42.8. The smallest absolute Gasteiger partial charge is 0.308 e. The van der Waals surface area contributed by atoms with E-state index in [1.807, 2.05) is 24.3 Å². The van der Waals surface area contributed by atoms with Crippen LogP contribution < -0.4 is 18.9 Å². The Kier molecular flexibility index (Phi) is 15.7. The molecule has 28 heteroatoms. The number of fused-ring (bicyclic) bond motifs is 6. The van der Waals surface area contributed by atoms with Crippen molar-refractivity contribution in [3.8, 4) is 59.3 Å². The van der Waals surface area contributed by atoms with Crippen molar-refractivity contribution in [2.75, 3.05) is 0 Å². The quantitative estimate of drug-likeness (QED) is 0.139.